The van der Waals surface area contributed by atoms with Gasteiger partial charge < -0.3 is 10.2 Å². The minimum atomic E-state index is -4.89. The van der Waals surface area contributed by atoms with Gasteiger partial charge in [0.2, 0.25) is 15.8 Å². The van der Waals surface area contributed by atoms with Gasteiger partial charge in [-0.1, -0.05) is 12.1 Å². The maximum absolute atomic E-state index is 12.7. The Labute approximate surface area is 137 Å². The molecule has 7 nitrogen and oxygen atoms in total. The van der Waals surface area contributed by atoms with E-state index in [1.54, 1.807) is 19.0 Å². The number of aromatic nitrogens is 2. The largest absolute Gasteiger partial charge is 0.347 e. The molecule has 1 N–H and O–H groups in total. The lowest BCUT2D eigenvalue weighted by atomic mass is 10.2. The number of halogens is 2. The Bertz CT molecular complexity index is 839. The molecule has 1 aromatic heterocycles. The number of alkyl halides is 2. The monoisotopic (exact) mass is 356 g/mol. The highest BCUT2D eigenvalue weighted by Gasteiger charge is 2.30. The average Bonchev–Trinajstić information content (AvgIpc) is 2.55. The van der Waals surface area contributed by atoms with E-state index >= 15 is 0 Å². The van der Waals surface area contributed by atoms with Crippen molar-refractivity contribution in [2.24, 2.45) is 0 Å². The molecule has 0 aliphatic carbocycles. The molecule has 1 aromatic carbocycles. The number of hydrogen-bond acceptors (Lipinski definition) is 6. The number of nitrogens with one attached hydrogen (secondary N) is 1. The van der Waals surface area contributed by atoms with E-state index < -0.39 is 26.4 Å². The maximum Gasteiger partial charge on any atom is 0.341 e. The molecule has 0 aliphatic heterocycles. The molecule has 0 saturated heterocycles. The smallest absolute Gasteiger partial charge is 0.341 e. The number of anilines is 2. The molecule has 0 spiro atoms. The summed E-state index contributed by atoms with van der Waals surface area (Å²) in [5.41, 5.74) is -0.177. The Kier molecular flexibility index (Phi) is 5.07. The van der Waals surface area contributed by atoms with Crippen LogP contribution >= 0.6 is 0 Å². The fourth-order valence-electron chi connectivity index (χ4n) is 1.81. The van der Waals surface area contributed by atoms with Crippen molar-refractivity contribution >= 4 is 27.4 Å². The first-order chi connectivity index (χ1) is 11.2. The van der Waals surface area contributed by atoms with E-state index in [1.165, 1.54) is 24.5 Å². The number of carbonyl (C=O) groups is 1. The molecule has 128 valence electrons. The zero-order valence-electron chi connectivity index (χ0n) is 12.8. The van der Waals surface area contributed by atoms with Crippen molar-refractivity contribution in [3.63, 3.8) is 0 Å². The maximum atomic E-state index is 12.7. The van der Waals surface area contributed by atoms with Crippen molar-refractivity contribution in [2.75, 3.05) is 24.3 Å². The van der Waals surface area contributed by atoms with Crippen LogP contribution < -0.4 is 10.2 Å². The number of hydrogen-bond donors (Lipinski definition) is 1. The highest BCUT2D eigenvalue weighted by atomic mass is 32.2. The van der Waals surface area contributed by atoms with Gasteiger partial charge in [0, 0.05) is 14.1 Å². The topological polar surface area (TPSA) is 92.3 Å². The molecule has 1 heterocycles. The van der Waals surface area contributed by atoms with Crippen LogP contribution in [0.1, 0.15) is 10.4 Å². The number of carbonyl (C=O) groups excluding carboxylic acids is 1. The number of benzene rings is 1. The van der Waals surface area contributed by atoms with E-state index in [-0.39, 0.29) is 11.3 Å². The second-order valence-electron chi connectivity index (χ2n) is 4.92. The first-order valence-electron chi connectivity index (χ1n) is 6.65. The normalized spacial score (nSPS) is 11.4. The Hall–Kier alpha value is -2.62. The fraction of sp³-hybridized carbons (Fsp3) is 0.214. The van der Waals surface area contributed by atoms with Crippen LogP contribution in [0, 0.1) is 0 Å². The van der Waals surface area contributed by atoms with Crippen LogP contribution in [-0.4, -0.2) is 44.1 Å². The summed E-state index contributed by atoms with van der Waals surface area (Å²) in [7, 11) is -1.42. The highest BCUT2D eigenvalue weighted by molar-refractivity contribution is 7.91. The lowest BCUT2D eigenvalue weighted by molar-refractivity contribution is 0.102. The van der Waals surface area contributed by atoms with Crippen molar-refractivity contribution in [1.29, 1.82) is 0 Å². The van der Waals surface area contributed by atoms with E-state index in [0.29, 0.717) is 5.95 Å². The quantitative estimate of drug-likeness (QED) is 0.878. The van der Waals surface area contributed by atoms with E-state index in [1.807, 2.05) is 0 Å². The summed E-state index contributed by atoms with van der Waals surface area (Å²) in [5, 5.41) is 2.38. The first-order valence-corrected chi connectivity index (χ1v) is 8.20. The summed E-state index contributed by atoms with van der Waals surface area (Å²) in [6.07, 6.45) is 2.65. The molecular weight excluding hydrogens is 342 g/mol. The SMILES string of the molecule is CN(C)c1ncc(NC(=O)c2ccccc2S(=O)(=O)C(F)F)cn1. The molecule has 1 amide bonds. The van der Waals surface area contributed by atoms with Crippen molar-refractivity contribution in [3.8, 4) is 0 Å². The highest BCUT2D eigenvalue weighted by Crippen LogP contribution is 2.23. The molecular formula is C14H14F2N4O3S. The Morgan fingerprint density at radius 1 is 1.17 bits per heavy atom. The van der Waals surface area contributed by atoms with Gasteiger partial charge in [-0.05, 0) is 12.1 Å². The zero-order chi connectivity index (χ0) is 17.9. The molecule has 0 fully saturated rings. The third kappa shape index (κ3) is 3.65. The summed E-state index contributed by atoms with van der Waals surface area (Å²) in [4.78, 5) is 21.1. The van der Waals surface area contributed by atoms with Crippen molar-refractivity contribution < 1.29 is 22.0 Å². The van der Waals surface area contributed by atoms with Crippen molar-refractivity contribution in [1.82, 2.24) is 9.97 Å². The number of amides is 1. The van der Waals surface area contributed by atoms with Crippen LogP contribution in [0.4, 0.5) is 20.4 Å². The Morgan fingerprint density at radius 3 is 2.29 bits per heavy atom. The van der Waals surface area contributed by atoms with Gasteiger partial charge in [-0.25, -0.2) is 18.4 Å². The molecule has 0 bridgehead atoms. The summed E-state index contributed by atoms with van der Waals surface area (Å²) in [5.74, 6) is -4.06. The van der Waals surface area contributed by atoms with E-state index in [9.17, 15) is 22.0 Å². The molecule has 2 rings (SSSR count). The number of nitrogens with zero attached hydrogens (tertiary/aromatic N) is 3. The van der Waals surface area contributed by atoms with Crippen LogP contribution in [0.5, 0.6) is 0 Å². The molecule has 24 heavy (non-hydrogen) atoms. The summed E-state index contributed by atoms with van der Waals surface area (Å²) < 4.78 is 48.8. The standard InChI is InChI=1S/C14H14F2N4O3S/c1-20(2)14-17-7-9(8-18-14)19-12(21)10-5-3-4-6-11(10)24(22,23)13(15)16/h3-8,13H,1-2H3,(H,19,21). The fourth-order valence-corrected chi connectivity index (χ4v) is 2.74. The number of rotatable bonds is 5. The summed E-state index contributed by atoms with van der Waals surface area (Å²) in [6.45, 7) is 0. The Morgan fingerprint density at radius 2 is 1.75 bits per heavy atom. The van der Waals surface area contributed by atoms with Gasteiger partial charge in [0.1, 0.15) is 0 Å². The minimum Gasteiger partial charge on any atom is -0.347 e. The van der Waals surface area contributed by atoms with E-state index in [0.717, 1.165) is 12.1 Å². The second-order valence-corrected chi connectivity index (χ2v) is 6.81. The zero-order valence-corrected chi connectivity index (χ0v) is 13.6. The van der Waals surface area contributed by atoms with Gasteiger partial charge in [-0.3, -0.25) is 4.79 Å². The molecule has 0 unspecified atom stereocenters. The molecule has 0 aliphatic rings. The third-order valence-electron chi connectivity index (χ3n) is 2.97. The lowest BCUT2D eigenvalue weighted by Crippen LogP contribution is -2.20. The minimum absolute atomic E-state index is 0.204. The summed E-state index contributed by atoms with van der Waals surface area (Å²) >= 11 is 0. The Balaban J connectivity index is 2.31. The van der Waals surface area contributed by atoms with Gasteiger partial charge in [0.05, 0.1) is 28.5 Å². The predicted octanol–water partition coefficient (Wildman–Crippen LogP) is 1.79. The van der Waals surface area contributed by atoms with E-state index in [2.05, 4.69) is 15.3 Å². The van der Waals surface area contributed by atoms with Gasteiger partial charge >= 0.3 is 5.76 Å². The van der Waals surface area contributed by atoms with Crippen LogP contribution in [0.25, 0.3) is 0 Å². The first kappa shape index (κ1) is 17.7. The molecule has 0 radical (unpaired) electrons. The van der Waals surface area contributed by atoms with Gasteiger partial charge in [-0.2, -0.15) is 8.78 Å². The number of sulfone groups is 1. The van der Waals surface area contributed by atoms with Crippen LogP contribution in [0.15, 0.2) is 41.6 Å². The average molecular weight is 356 g/mol. The molecule has 2 aromatic rings. The van der Waals surface area contributed by atoms with E-state index in [4.69, 9.17) is 0 Å². The molecule has 10 heteroatoms. The third-order valence-corrected chi connectivity index (χ3v) is 4.41. The molecule has 0 saturated carbocycles. The van der Waals surface area contributed by atoms with Crippen LogP contribution in [-0.2, 0) is 9.84 Å². The second kappa shape index (κ2) is 6.87. The lowest BCUT2D eigenvalue weighted by Gasteiger charge is -2.12. The van der Waals surface area contributed by atoms with Crippen molar-refractivity contribution in [3.05, 3.63) is 42.2 Å². The predicted molar refractivity (Wildman–Crippen MR) is 83.9 cm³/mol. The van der Waals surface area contributed by atoms with Gasteiger partial charge in [0.25, 0.3) is 5.91 Å². The van der Waals surface area contributed by atoms with Gasteiger partial charge in [0.15, 0.2) is 0 Å². The van der Waals surface area contributed by atoms with Crippen molar-refractivity contribution in [2.45, 2.75) is 10.7 Å². The van der Waals surface area contributed by atoms with Crippen LogP contribution in [0.2, 0.25) is 0 Å². The van der Waals surface area contributed by atoms with Gasteiger partial charge in [-0.15, -0.1) is 0 Å². The van der Waals surface area contributed by atoms with Crippen LogP contribution in [0.3, 0.4) is 0 Å². The molecule has 0 atom stereocenters. The summed E-state index contributed by atoms with van der Waals surface area (Å²) in [6, 6.07) is 4.76.